The molecule has 0 aliphatic rings. The number of aromatic nitrogens is 1. The monoisotopic (exact) mass is 381 g/mol. The first-order valence-corrected chi connectivity index (χ1v) is 8.57. The van der Waals surface area contributed by atoms with Crippen molar-refractivity contribution in [2.75, 3.05) is 12.4 Å². The zero-order valence-electron chi connectivity index (χ0n) is 15.4. The number of non-ortho nitro benzene ring substituents is 1. The maximum absolute atomic E-state index is 12.8. The molecule has 0 spiro atoms. The molecule has 0 bridgehead atoms. The summed E-state index contributed by atoms with van der Waals surface area (Å²) in [7, 11) is 1.57. The summed E-state index contributed by atoms with van der Waals surface area (Å²) in [4.78, 5) is 23.1. The van der Waals surface area contributed by atoms with Crippen molar-refractivity contribution in [3.05, 3.63) is 81.6 Å². The predicted molar refractivity (Wildman–Crippen MR) is 103 cm³/mol. The molecular formula is C20H19N3O5. The van der Waals surface area contributed by atoms with Crippen LogP contribution in [0.4, 0.5) is 11.5 Å². The van der Waals surface area contributed by atoms with Crippen LogP contribution in [0.3, 0.4) is 0 Å². The van der Waals surface area contributed by atoms with E-state index < -0.39 is 4.92 Å². The molecule has 0 aliphatic heterocycles. The number of hydrogen-bond donors (Lipinski definition) is 1. The second-order valence-electron chi connectivity index (χ2n) is 6.23. The van der Waals surface area contributed by atoms with E-state index in [0.29, 0.717) is 22.9 Å². The average Bonchev–Trinajstić information content (AvgIpc) is 3.12. The summed E-state index contributed by atoms with van der Waals surface area (Å²) in [5.74, 6) is 1.68. The number of aryl methyl sites for hydroxylation is 1. The summed E-state index contributed by atoms with van der Waals surface area (Å²) in [5, 5.41) is 17.9. The van der Waals surface area contributed by atoms with Gasteiger partial charge in [-0.15, -0.1) is 0 Å². The van der Waals surface area contributed by atoms with Crippen molar-refractivity contribution in [3.63, 3.8) is 0 Å². The normalized spacial score (nSPS) is 11.6. The first kappa shape index (κ1) is 19.1. The number of methoxy groups -OCH3 is 1. The molecule has 0 saturated carbocycles. The van der Waals surface area contributed by atoms with Crippen LogP contribution in [0.5, 0.6) is 5.75 Å². The van der Waals surface area contributed by atoms with Crippen molar-refractivity contribution in [2.45, 2.75) is 19.4 Å². The second kappa shape index (κ2) is 8.34. The van der Waals surface area contributed by atoms with Crippen molar-refractivity contribution < 1.29 is 19.0 Å². The number of nitrogens with one attached hydrogen (secondary N) is 1. The van der Waals surface area contributed by atoms with Crippen LogP contribution in [-0.2, 0) is 0 Å². The van der Waals surface area contributed by atoms with Crippen LogP contribution < -0.4 is 10.1 Å². The fourth-order valence-electron chi connectivity index (χ4n) is 2.80. The molecule has 1 unspecified atom stereocenters. The second-order valence-corrected chi connectivity index (χ2v) is 6.23. The van der Waals surface area contributed by atoms with E-state index in [1.165, 1.54) is 24.3 Å². The SMILES string of the molecule is COc1cccc(C(CC(=O)c2ccc([N+](=O)[O-])cc2)Nc2cc(C)on2)c1. The number of carbonyl (C=O) groups is 1. The molecule has 8 heteroatoms. The zero-order valence-corrected chi connectivity index (χ0v) is 15.4. The Labute approximate surface area is 161 Å². The summed E-state index contributed by atoms with van der Waals surface area (Å²) in [5.41, 5.74) is 1.18. The Balaban J connectivity index is 1.85. The topological polar surface area (TPSA) is 108 Å². The molecule has 1 N–H and O–H groups in total. The van der Waals surface area contributed by atoms with E-state index >= 15 is 0 Å². The summed E-state index contributed by atoms with van der Waals surface area (Å²) < 4.78 is 10.4. The van der Waals surface area contributed by atoms with E-state index in [1.54, 1.807) is 20.1 Å². The van der Waals surface area contributed by atoms with E-state index in [-0.39, 0.29) is 23.9 Å². The summed E-state index contributed by atoms with van der Waals surface area (Å²) in [6, 6.07) is 14.3. The Hall–Kier alpha value is -3.68. The molecule has 2 aromatic carbocycles. The fourth-order valence-corrected chi connectivity index (χ4v) is 2.80. The number of ketones is 1. The Morgan fingerprint density at radius 3 is 2.61 bits per heavy atom. The van der Waals surface area contributed by atoms with Crippen molar-refractivity contribution in [3.8, 4) is 5.75 Å². The minimum Gasteiger partial charge on any atom is -0.497 e. The van der Waals surface area contributed by atoms with Crippen molar-refractivity contribution >= 4 is 17.3 Å². The van der Waals surface area contributed by atoms with Gasteiger partial charge >= 0.3 is 0 Å². The number of anilines is 1. The highest BCUT2D eigenvalue weighted by Gasteiger charge is 2.20. The Kier molecular flexibility index (Phi) is 5.69. The Morgan fingerprint density at radius 2 is 2.00 bits per heavy atom. The third kappa shape index (κ3) is 4.53. The number of benzene rings is 2. The van der Waals surface area contributed by atoms with Crippen LogP contribution >= 0.6 is 0 Å². The number of nitro benzene ring substituents is 1. The standard InChI is InChI=1S/C20H19N3O5/c1-13-10-20(22-28-13)21-18(15-4-3-5-17(11-15)27-2)12-19(24)14-6-8-16(9-7-14)23(25)26/h3-11,18H,12H2,1-2H3,(H,21,22). The number of nitrogens with zero attached hydrogens (tertiary/aromatic N) is 2. The van der Waals surface area contributed by atoms with E-state index in [1.807, 2.05) is 24.3 Å². The fraction of sp³-hybridized carbons (Fsp3) is 0.200. The maximum Gasteiger partial charge on any atom is 0.269 e. The van der Waals surface area contributed by atoms with E-state index in [9.17, 15) is 14.9 Å². The lowest BCUT2D eigenvalue weighted by Crippen LogP contribution is -2.16. The molecule has 3 aromatic rings. The van der Waals surface area contributed by atoms with Gasteiger partial charge in [-0.05, 0) is 36.8 Å². The summed E-state index contributed by atoms with van der Waals surface area (Å²) in [6.07, 6.45) is 0.122. The number of nitro groups is 1. The van der Waals surface area contributed by atoms with Crippen molar-refractivity contribution in [2.24, 2.45) is 0 Å². The van der Waals surface area contributed by atoms with Crippen LogP contribution in [0.2, 0.25) is 0 Å². The maximum atomic E-state index is 12.8. The minimum absolute atomic E-state index is 0.0582. The molecule has 0 saturated heterocycles. The number of hydrogen-bond acceptors (Lipinski definition) is 7. The van der Waals surface area contributed by atoms with Crippen LogP contribution in [0, 0.1) is 17.0 Å². The molecule has 1 atom stereocenters. The Bertz CT molecular complexity index is 982. The molecule has 0 aliphatic carbocycles. The third-order valence-electron chi connectivity index (χ3n) is 4.24. The van der Waals surface area contributed by atoms with Gasteiger partial charge in [0.15, 0.2) is 11.6 Å². The van der Waals surface area contributed by atoms with Gasteiger partial charge in [0.25, 0.3) is 5.69 Å². The third-order valence-corrected chi connectivity index (χ3v) is 4.24. The van der Waals surface area contributed by atoms with Gasteiger partial charge in [-0.25, -0.2) is 0 Å². The number of Topliss-reactive ketones (excluding diaryl/α,β-unsaturated/α-hetero) is 1. The highest BCUT2D eigenvalue weighted by molar-refractivity contribution is 5.96. The molecular weight excluding hydrogens is 362 g/mol. The van der Waals surface area contributed by atoms with Gasteiger partial charge < -0.3 is 14.6 Å². The molecule has 0 radical (unpaired) electrons. The minimum atomic E-state index is -0.498. The first-order chi connectivity index (χ1) is 13.5. The molecule has 8 nitrogen and oxygen atoms in total. The van der Waals surface area contributed by atoms with Crippen LogP contribution in [0.25, 0.3) is 0 Å². The van der Waals surface area contributed by atoms with Gasteiger partial charge in [-0.1, -0.05) is 17.3 Å². The lowest BCUT2D eigenvalue weighted by Gasteiger charge is -2.19. The summed E-state index contributed by atoms with van der Waals surface area (Å²) in [6.45, 7) is 1.78. The highest BCUT2D eigenvalue weighted by atomic mass is 16.6. The van der Waals surface area contributed by atoms with Gasteiger partial charge in [-0.3, -0.25) is 14.9 Å². The number of carbonyl (C=O) groups excluding carboxylic acids is 1. The largest absolute Gasteiger partial charge is 0.497 e. The molecule has 1 aromatic heterocycles. The lowest BCUT2D eigenvalue weighted by molar-refractivity contribution is -0.384. The first-order valence-electron chi connectivity index (χ1n) is 8.57. The molecule has 0 amide bonds. The predicted octanol–water partition coefficient (Wildman–Crippen LogP) is 4.33. The van der Waals surface area contributed by atoms with Gasteiger partial charge in [-0.2, -0.15) is 0 Å². The molecule has 144 valence electrons. The van der Waals surface area contributed by atoms with Gasteiger partial charge in [0.2, 0.25) is 0 Å². The Morgan fingerprint density at radius 1 is 1.25 bits per heavy atom. The van der Waals surface area contributed by atoms with Gasteiger partial charge in [0.1, 0.15) is 11.5 Å². The number of rotatable bonds is 8. The van der Waals surface area contributed by atoms with Crippen LogP contribution in [0.15, 0.2) is 59.1 Å². The van der Waals surface area contributed by atoms with E-state index in [4.69, 9.17) is 9.26 Å². The van der Waals surface area contributed by atoms with Crippen molar-refractivity contribution in [1.82, 2.24) is 5.16 Å². The van der Waals surface area contributed by atoms with Crippen molar-refractivity contribution in [1.29, 1.82) is 0 Å². The van der Waals surface area contributed by atoms with E-state index in [2.05, 4.69) is 10.5 Å². The van der Waals surface area contributed by atoms with Crippen LogP contribution in [-0.4, -0.2) is 23.0 Å². The lowest BCUT2D eigenvalue weighted by atomic mass is 9.97. The highest BCUT2D eigenvalue weighted by Crippen LogP contribution is 2.27. The molecule has 1 heterocycles. The molecule has 3 rings (SSSR count). The quantitative estimate of drug-likeness (QED) is 0.351. The van der Waals surface area contributed by atoms with E-state index in [0.717, 1.165) is 5.56 Å². The smallest absolute Gasteiger partial charge is 0.269 e. The number of ether oxygens (including phenoxy) is 1. The summed E-state index contributed by atoms with van der Waals surface area (Å²) >= 11 is 0. The molecule has 28 heavy (non-hydrogen) atoms. The zero-order chi connectivity index (χ0) is 20.1. The van der Waals surface area contributed by atoms with Crippen LogP contribution in [0.1, 0.15) is 34.1 Å². The van der Waals surface area contributed by atoms with Gasteiger partial charge in [0, 0.05) is 30.2 Å². The average molecular weight is 381 g/mol. The molecule has 0 fully saturated rings. The van der Waals surface area contributed by atoms with Gasteiger partial charge in [0.05, 0.1) is 18.1 Å².